The standard InChI is InChI=1S/C21H29O6/c1-3-8-14(22)25-17-13-11-12-15(19(23)26-18(12)17)16(13)20(24)27-21(4-2)9-6-5-7-10-21/h12-13,15-18H,1,3-11H2,2H3. The van der Waals surface area contributed by atoms with Gasteiger partial charge in [-0.15, -0.1) is 0 Å². The van der Waals surface area contributed by atoms with Crippen LogP contribution >= 0.6 is 0 Å². The van der Waals surface area contributed by atoms with Gasteiger partial charge in [0.05, 0.1) is 11.8 Å². The Balaban J connectivity index is 1.52. The highest BCUT2D eigenvalue weighted by molar-refractivity contribution is 5.86. The molecule has 0 N–H and O–H groups in total. The van der Waals surface area contributed by atoms with Crippen LogP contribution in [0.4, 0.5) is 0 Å². The number of carbonyl (C=O) groups is 3. The summed E-state index contributed by atoms with van der Waals surface area (Å²) in [7, 11) is 0. The average molecular weight is 377 g/mol. The number of fused-ring (bicyclic) bond motifs is 1. The second-order valence-electron chi connectivity index (χ2n) is 8.59. The third-order valence-electron chi connectivity index (χ3n) is 7.19. The van der Waals surface area contributed by atoms with Crippen molar-refractivity contribution in [2.45, 2.75) is 82.5 Å². The summed E-state index contributed by atoms with van der Waals surface area (Å²) in [4.78, 5) is 37.6. The van der Waals surface area contributed by atoms with E-state index in [9.17, 15) is 14.4 Å². The second kappa shape index (κ2) is 7.10. The molecule has 0 amide bonds. The molecule has 3 aliphatic carbocycles. The van der Waals surface area contributed by atoms with Crippen molar-refractivity contribution < 1.29 is 28.6 Å². The molecule has 6 atom stereocenters. The molecule has 6 unspecified atom stereocenters. The number of esters is 3. The summed E-state index contributed by atoms with van der Waals surface area (Å²) in [6.07, 6.45) is 6.30. The maximum atomic E-state index is 13.2. The number of ether oxygens (including phenoxy) is 3. The van der Waals surface area contributed by atoms with E-state index in [-0.39, 0.29) is 36.2 Å². The lowest BCUT2D eigenvalue weighted by molar-refractivity contribution is -0.178. The number of hydrogen-bond donors (Lipinski definition) is 0. The summed E-state index contributed by atoms with van der Waals surface area (Å²) in [6.45, 7) is 5.73. The molecule has 1 radical (unpaired) electrons. The zero-order valence-electron chi connectivity index (χ0n) is 16.0. The molecule has 149 valence electrons. The molecule has 6 heteroatoms. The Morgan fingerprint density at radius 3 is 2.63 bits per heavy atom. The van der Waals surface area contributed by atoms with E-state index >= 15 is 0 Å². The largest absolute Gasteiger partial charge is 0.459 e. The van der Waals surface area contributed by atoms with E-state index in [1.165, 1.54) is 6.42 Å². The fourth-order valence-corrected chi connectivity index (χ4v) is 5.83. The lowest BCUT2D eigenvalue weighted by Gasteiger charge is -2.38. The fraction of sp³-hybridized carbons (Fsp3) is 0.810. The summed E-state index contributed by atoms with van der Waals surface area (Å²) < 4.78 is 17.2. The summed E-state index contributed by atoms with van der Waals surface area (Å²) >= 11 is 0. The molecule has 1 saturated heterocycles. The highest BCUT2D eigenvalue weighted by Crippen LogP contribution is 2.59. The van der Waals surface area contributed by atoms with Crippen LogP contribution < -0.4 is 0 Å². The van der Waals surface area contributed by atoms with Crippen LogP contribution in [0.15, 0.2) is 0 Å². The van der Waals surface area contributed by atoms with Crippen molar-refractivity contribution in [3.8, 4) is 0 Å². The van der Waals surface area contributed by atoms with Crippen LogP contribution in [0, 0.1) is 30.6 Å². The van der Waals surface area contributed by atoms with Crippen LogP contribution in [0.5, 0.6) is 0 Å². The molecule has 0 aromatic carbocycles. The monoisotopic (exact) mass is 377 g/mol. The van der Waals surface area contributed by atoms with E-state index in [0.717, 1.165) is 32.1 Å². The Kier molecular flexibility index (Phi) is 4.93. The topological polar surface area (TPSA) is 78.9 Å². The zero-order chi connectivity index (χ0) is 19.2. The Bertz CT molecular complexity index is 622. The molecule has 3 saturated carbocycles. The summed E-state index contributed by atoms with van der Waals surface area (Å²) in [5.74, 6) is -2.19. The highest BCUT2D eigenvalue weighted by atomic mass is 16.6. The first kappa shape index (κ1) is 18.8. The Morgan fingerprint density at radius 1 is 1.22 bits per heavy atom. The lowest BCUT2D eigenvalue weighted by Crippen LogP contribution is -2.46. The molecule has 4 rings (SSSR count). The van der Waals surface area contributed by atoms with Crippen molar-refractivity contribution in [1.82, 2.24) is 0 Å². The van der Waals surface area contributed by atoms with E-state index in [0.29, 0.717) is 12.8 Å². The lowest BCUT2D eigenvalue weighted by atomic mass is 9.77. The quantitative estimate of drug-likeness (QED) is 0.523. The predicted octanol–water partition coefficient (Wildman–Crippen LogP) is 2.98. The molecule has 2 bridgehead atoms. The minimum Gasteiger partial charge on any atom is -0.459 e. The average Bonchev–Trinajstić information content (AvgIpc) is 3.26. The smallest absolute Gasteiger partial charge is 0.310 e. The van der Waals surface area contributed by atoms with Gasteiger partial charge in [0, 0.05) is 18.3 Å². The van der Waals surface area contributed by atoms with Gasteiger partial charge in [-0.3, -0.25) is 14.4 Å². The molecule has 27 heavy (non-hydrogen) atoms. The summed E-state index contributed by atoms with van der Waals surface area (Å²) in [5, 5.41) is 0. The van der Waals surface area contributed by atoms with E-state index in [2.05, 4.69) is 13.8 Å². The third-order valence-corrected chi connectivity index (χ3v) is 7.19. The van der Waals surface area contributed by atoms with Crippen LogP contribution in [0.3, 0.4) is 0 Å². The van der Waals surface area contributed by atoms with Gasteiger partial charge in [0.25, 0.3) is 0 Å². The van der Waals surface area contributed by atoms with Gasteiger partial charge in [0.15, 0.2) is 0 Å². The van der Waals surface area contributed by atoms with E-state index < -0.39 is 29.6 Å². The Labute approximate surface area is 160 Å². The maximum Gasteiger partial charge on any atom is 0.310 e. The normalized spacial score (nSPS) is 38.5. The molecule has 4 aliphatic rings. The minimum absolute atomic E-state index is 0.0402. The van der Waals surface area contributed by atoms with Crippen molar-refractivity contribution >= 4 is 17.9 Å². The first-order chi connectivity index (χ1) is 13.0. The van der Waals surface area contributed by atoms with Gasteiger partial charge in [-0.2, -0.15) is 0 Å². The molecule has 0 spiro atoms. The molecule has 1 aliphatic heterocycles. The molecular weight excluding hydrogens is 348 g/mol. The van der Waals surface area contributed by atoms with Crippen LogP contribution in [0.25, 0.3) is 0 Å². The minimum atomic E-state index is -0.552. The van der Waals surface area contributed by atoms with Crippen molar-refractivity contribution in [3.05, 3.63) is 6.92 Å². The van der Waals surface area contributed by atoms with E-state index in [1.807, 2.05) is 0 Å². The van der Waals surface area contributed by atoms with Crippen LogP contribution in [0.1, 0.15) is 64.7 Å². The zero-order valence-corrected chi connectivity index (χ0v) is 16.0. The van der Waals surface area contributed by atoms with Gasteiger partial charge >= 0.3 is 17.9 Å². The fourth-order valence-electron chi connectivity index (χ4n) is 5.83. The molecule has 4 fully saturated rings. The van der Waals surface area contributed by atoms with Gasteiger partial charge in [0.2, 0.25) is 0 Å². The maximum absolute atomic E-state index is 13.2. The van der Waals surface area contributed by atoms with Crippen molar-refractivity contribution in [2.24, 2.45) is 23.7 Å². The molecule has 1 heterocycles. The third kappa shape index (κ3) is 3.05. The first-order valence-corrected chi connectivity index (χ1v) is 10.4. The van der Waals surface area contributed by atoms with Crippen LogP contribution in [-0.2, 0) is 28.6 Å². The SMILES string of the molecule is [CH2]CCC(=O)OC1C2CC3C1OC(=O)C3C2C(=O)OC1(CC)CCCCC1. The first-order valence-electron chi connectivity index (χ1n) is 10.4. The number of rotatable bonds is 6. The molecule has 0 aromatic rings. The predicted molar refractivity (Wildman–Crippen MR) is 95.1 cm³/mol. The number of hydrogen-bond acceptors (Lipinski definition) is 6. The molecular formula is C21H29O6. The molecule has 0 aromatic heterocycles. The van der Waals surface area contributed by atoms with E-state index in [1.54, 1.807) is 0 Å². The second-order valence-corrected chi connectivity index (χ2v) is 8.59. The van der Waals surface area contributed by atoms with Crippen molar-refractivity contribution in [1.29, 1.82) is 0 Å². The van der Waals surface area contributed by atoms with Gasteiger partial charge in [0.1, 0.15) is 17.8 Å². The summed E-state index contributed by atoms with van der Waals surface area (Å²) in [5.41, 5.74) is -0.404. The van der Waals surface area contributed by atoms with Crippen molar-refractivity contribution in [3.63, 3.8) is 0 Å². The van der Waals surface area contributed by atoms with Gasteiger partial charge < -0.3 is 14.2 Å². The molecule has 6 nitrogen and oxygen atoms in total. The van der Waals surface area contributed by atoms with E-state index in [4.69, 9.17) is 14.2 Å². The Morgan fingerprint density at radius 2 is 1.96 bits per heavy atom. The van der Waals surface area contributed by atoms with Crippen molar-refractivity contribution in [2.75, 3.05) is 0 Å². The van der Waals surface area contributed by atoms with Gasteiger partial charge in [-0.25, -0.2) is 0 Å². The summed E-state index contributed by atoms with van der Waals surface area (Å²) in [6, 6.07) is 0. The van der Waals surface area contributed by atoms with Crippen LogP contribution in [0.2, 0.25) is 0 Å². The van der Waals surface area contributed by atoms with Crippen LogP contribution in [-0.4, -0.2) is 35.7 Å². The highest BCUT2D eigenvalue weighted by Gasteiger charge is 2.70. The number of carbonyl (C=O) groups excluding carboxylic acids is 3. The Hall–Kier alpha value is -1.59. The van der Waals surface area contributed by atoms with Gasteiger partial charge in [-0.1, -0.05) is 20.3 Å². The van der Waals surface area contributed by atoms with Gasteiger partial charge in [-0.05, 0) is 44.9 Å².